The molecule has 5 nitrogen and oxygen atoms in total. The molecule has 27 heavy (non-hydrogen) atoms. The Morgan fingerprint density at radius 3 is 2.78 bits per heavy atom. The molecule has 0 bridgehead atoms. The minimum Gasteiger partial charge on any atom is -0.380 e. The first kappa shape index (κ1) is 22.4. The third-order valence-corrected chi connectivity index (χ3v) is 5.37. The van der Waals surface area contributed by atoms with E-state index in [1.54, 1.807) is 7.11 Å². The minimum atomic E-state index is -0.218. The average molecular weight is 490 g/mol. The van der Waals surface area contributed by atoms with Crippen LogP contribution in [0.3, 0.4) is 0 Å². The lowest BCUT2D eigenvalue weighted by Gasteiger charge is -2.23. The average Bonchev–Trinajstić information content (AvgIpc) is 3.31. The molecule has 1 atom stereocenters. The Hall–Kier alpha value is -0.930. The normalized spacial score (nSPS) is 20.8. The second-order valence-corrected chi connectivity index (χ2v) is 7.37. The number of rotatable bonds is 6. The zero-order valence-electron chi connectivity index (χ0n) is 16.4. The number of ether oxygens (including phenoxy) is 1. The third-order valence-electron chi connectivity index (χ3n) is 5.37. The van der Waals surface area contributed by atoms with E-state index in [4.69, 9.17) is 4.74 Å². The van der Waals surface area contributed by atoms with Crippen molar-refractivity contribution in [3.8, 4) is 0 Å². The van der Waals surface area contributed by atoms with Crippen LogP contribution in [0.15, 0.2) is 23.2 Å². The van der Waals surface area contributed by atoms with Gasteiger partial charge in [0, 0.05) is 45.9 Å². The van der Waals surface area contributed by atoms with Crippen LogP contribution in [0.2, 0.25) is 0 Å². The highest BCUT2D eigenvalue weighted by molar-refractivity contribution is 14.0. The van der Waals surface area contributed by atoms with Crippen molar-refractivity contribution in [2.75, 3.05) is 46.9 Å². The summed E-state index contributed by atoms with van der Waals surface area (Å²) in [7, 11) is 3.41. The molecule has 1 N–H and O–H groups in total. The monoisotopic (exact) mass is 490 g/mol. The summed E-state index contributed by atoms with van der Waals surface area (Å²) in [4.78, 5) is 9.39. The van der Waals surface area contributed by atoms with Gasteiger partial charge in [-0.25, -0.2) is 4.39 Å². The zero-order chi connectivity index (χ0) is 18.4. The first-order valence-corrected chi connectivity index (χ1v) is 9.63. The highest BCUT2D eigenvalue weighted by Gasteiger charge is 2.27. The molecule has 1 aromatic rings. The predicted molar refractivity (Wildman–Crippen MR) is 118 cm³/mol. The van der Waals surface area contributed by atoms with Gasteiger partial charge in [0.1, 0.15) is 5.82 Å². The van der Waals surface area contributed by atoms with Gasteiger partial charge in [-0.1, -0.05) is 6.07 Å². The Morgan fingerprint density at radius 2 is 2.07 bits per heavy atom. The van der Waals surface area contributed by atoms with E-state index in [-0.39, 0.29) is 29.8 Å². The lowest BCUT2D eigenvalue weighted by Crippen LogP contribution is -2.40. The number of guanidine groups is 1. The predicted octanol–water partition coefficient (Wildman–Crippen LogP) is 3.08. The molecule has 152 valence electrons. The smallest absolute Gasteiger partial charge is 0.193 e. The summed E-state index contributed by atoms with van der Waals surface area (Å²) in [6.07, 6.45) is 3.93. The van der Waals surface area contributed by atoms with E-state index in [1.807, 2.05) is 19.2 Å². The van der Waals surface area contributed by atoms with Gasteiger partial charge in [-0.05, 0) is 56.0 Å². The highest BCUT2D eigenvalue weighted by Crippen LogP contribution is 2.20. The largest absolute Gasteiger partial charge is 0.380 e. The summed E-state index contributed by atoms with van der Waals surface area (Å²) in [6, 6.07) is 5.18. The highest BCUT2D eigenvalue weighted by atomic mass is 127. The lowest BCUT2D eigenvalue weighted by atomic mass is 10.1. The van der Waals surface area contributed by atoms with Crippen LogP contribution in [-0.4, -0.2) is 62.6 Å². The lowest BCUT2D eigenvalue weighted by molar-refractivity contribution is 0.181. The maximum atomic E-state index is 13.7. The van der Waals surface area contributed by atoms with Gasteiger partial charge in [0.25, 0.3) is 0 Å². The zero-order valence-corrected chi connectivity index (χ0v) is 18.7. The maximum absolute atomic E-state index is 13.7. The second-order valence-electron chi connectivity index (χ2n) is 7.37. The van der Waals surface area contributed by atoms with Crippen LogP contribution in [-0.2, 0) is 17.9 Å². The number of nitrogens with one attached hydrogen (secondary N) is 1. The van der Waals surface area contributed by atoms with E-state index >= 15 is 0 Å². The van der Waals surface area contributed by atoms with E-state index in [1.165, 1.54) is 45.0 Å². The molecule has 0 radical (unpaired) electrons. The second kappa shape index (κ2) is 11.2. The van der Waals surface area contributed by atoms with Gasteiger partial charge in [-0.2, -0.15) is 0 Å². The van der Waals surface area contributed by atoms with Crippen molar-refractivity contribution in [1.29, 1.82) is 0 Å². The Morgan fingerprint density at radius 1 is 1.30 bits per heavy atom. The van der Waals surface area contributed by atoms with Crippen molar-refractivity contribution in [2.24, 2.45) is 10.9 Å². The Labute approximate surface area is 179 Å². The molecule has 2 heterocycles. The van der Waals surface area contributed by atoms with Crippen molar-refractivity contribution >= 4 is 29.9 Å². The molecule has 2 fully saturated rings. The molecule has 0 saturated carbocycles. The fraction of sp³-hybridized carbons (Fsp3) is 0.650. The van der Waals surface area contributed by atoms with Crippen LogP contribution in [0.4, 0.5) is 4.39 Å². The summed E-state index contributed by atoms with van der Waals surface area (Å²) in [5, 5.41) is 3.43. The first-order chi connectivity index (χ1) is 12.7. The first-order valence-electron chi connectivity index (χ1n) is 9.63. The Kier molecular flexibility index (Phi) is 9.25. The van der Waals surface area contributed by atoms with Gasteiger partial charge in [-0.15, -0.1) is 24.0 Å². The maximum Gasteiger partial charge on any atom is 0.193 e. The molecule has 1 aromatic carbocycles. The molecular weight excluding hydrogens is 458 g/mol. The van der Waals surface area contributed by atoms with Crippen molar-refractivity contribution in [2.45, 2.75) is 32.4 Å². The number of halogens is 2. The molecular formula is C20H32FIN4O. The van der Waals surface area contributed by atoms with Gasteiger partial charge >= 0.3 is 0 Å². The molecule has 2 aliphatic heterocycles. The number of hydrogen-bond donors (Lipinski definition) is 1. The summed E-state index contributed by atoms with van der Waals surface area (Å²) < 4.78 is 18.8. The number of benzene rings is 1. The third kappa shape index (κ3) is 6.29. The SMILES string of the molecule is CN=C(NCc1ccc(F)c(COC)c1)N1CCC(CN2CCCC2)C1.I. The minimum absolute atomic E-state index is 0. The van der Waals surface area contributed by atoms with E-state index in [0.29, 0.717) is 18.7 Å². The van der Waals surface area contributed by atoms with Crippen LogP contribution in [0.25, 0.3) is 0 Å². The standard InChI is InChI=1S/C20H31FN4O.HI/c1-22-20(23-12-16-5-6-19(21)18(11-16)15-26-2)25-10-7-17(14-25)13-24-8-3-4-9-24;/h5-6,11,17H,3-4,7-10,12-15H2,1-2H3,(H,22,23);1H. The Balaban J connectivity index is 0.00000261. The van der Waals surface area contributed by atoms with E-state index in [9.17, 15) is 4.39 Å². The van der Waals surface area contributed by atoms with Crippen LogP contribution in [0.5, 0.6) is 0 Å². The summed E-state index contributed by atoms with van der Waals surface area (Å²) >= 11 is 0. The van der Waals surface area contributed by atoms with Crippen LogP contribution >= 0.6 is 24.0 Å². The molecule has 7 heteroatoms. The fourth-order valence-electron chi connectivity index (χ4n) is 4.02. The van der Waals surface area contributed by atoms with Gasteiger partial charge in [-0.3, -0.25) is 4.99 Å². The van der Waals surface area contributed by atoms with Crippen LogP contribution in [0, 0.1) is 11.7 Å². The van der Waals surface area contributed by atoms with Crippen molar-refractivity contribution in [3.05, 3.63) is 35.1 Å². The molecule has 2 saturated heterocycles. The molecule has 0 aliphatic carbocycles. The number of nitrogens with zero attached hydrogens (tertiary/aromatic N) is 3. The quantitative estimate of drug-likeness (QED) is 0.378. The molecule has 3 rings (SSSR count). The summed E-state index contributed by atoms with van der Waals surface area (Å²) in [5.74, 6) is 1.45. The van der Waals surface area contributed by atoms with Gasteiger partial charge in [0.15, 0.2) is 5.96 Å². The van der Waals surface area contributed by atoms with E-state index in [2.05, 4.69) is 20.1 Å². The van der Waals surface area contributed by atoms with Gasteiger partial charge in [0.05, 0.1) is 6.61 Å². The number of likely N-dealkylation sites (tertiary alicyclic amines) is 2. The fourth-order valence-corrected chi connectivity index (χ4v) is 4.02. The van der Waals surface area contributed by atoms with Crippen LogP contribution in [0.1, 0.15) is 30.4 Å². The summed E-state index contributed by atoms with van der Waals surface area (Å²) in [5.41, 5.74) is 1.63. The van der Waals surface area contributed by atoms with Crippen molar-refractivity contribution in [1.82, 2.24) is 15.1 Å². The number of aliphatic imine (C=N–C) groups is 1. The van der Waals surface area contributed by atoms with Gasteiger partial charge in [0.2, 0.25) is 0 Å². The molecule has 2 aliphatic rings. The molecule has 0 aromatic heterocycles. The summed E-state index contributed by atoms with van der Waals surface area (Å²) in [6.45, 7) is 6.78. The van der Waals surface area contributed by atoms with Gasteiger partial charge < -0.3 is 19.9 Å². The van der Waals surface area contributed by atoms with Crippen molar-refractivity contribution < 1.29 is 9.13 Å². The van der Waals surface area contributed by atoms with Crippen molar-refractivity contribution in [3.63, 3.8) is 0 Å². The molecule has 0 amide bonds. The molecule has 1 unspecified atom stereocenters. The van der Waals surface area contributed by atoms with Crippen LogP contribution < -0.4 is 5.32 Å². The number of hydrogen-bond acceptors (Lipinski definition) is 3. The number of methoxy groups -OCH3 is 1. The topological polar surface area (TPSA) is 40.1 Å². The molecule has 0 spiro atoms. The van der Waals surface area contributed by atoms with E-state index < -0.39 is 0 Å². The Bertz CT molecular complexity index is 622. The van der Waals surface area contributed by atoms with E-state index in [0.717, 1.165) is 30.5 Å².